The summed E-state index contributed by atoms with van der Waals surface area (Å²) in [5.74, 6) is -0.0554. The second-order valence-corrected chi connectivity index (χ2v) is 6.96. The Labute approximate surface area is 151 Å². The van der Waals surface area contributed by atoms with Gasteiger partial charge in [0.15, 0.2) is 5.13 Å². The number of allylic oxidation sites excluding steroid dienone is 1. The largest absolute Gasteiger partial charge is 0.302 e. The number of aromatic nitrogens is 1. The van der Waals surface area contributed by atoms with Crippen molar-refractivity contribution in [3.8, 4) is 0 Å². The topological polar surface area (TPSA) is 85.1 Å². The van der Waals surface area contributed by atoms with Crippen LogP contribution in [-0.2, 0) is 4.79 Å². The van der Waals surface area contributed by atoms with Crippen molar-refractivity contribution in [2.45, 2.75) is 51.4 Å². The van der Waals surface area contributed by atoms with Crippen molar-refractivity contribution in [1.82, 2.24) is 4.98 Å². The van der Waals surface area contributed by atoms with Gasteiger partial charge in [0.1, 0.15) is 0 Å². The van der Waals surface area contributed by atoms with E-state index in [0.717, 1.165) is 25.7 Å². The average molecular weight is 361 g/mol. The molecule has 0 fully saturated rings. The summed E-state index contributed by atoms with van der Waals surface area (Å²) in [5, 5.41) is 14.1. The lowest BCUT2D eigenvalue weighted by Gasteiger charge is -2.02. The Morgan fingerprint density at radius 3 is 2.68 bits per heavy atom. The van der Waals surface area contributed by atoms with Crippen LogP contribution in [0.1, 0.15) is 51.4 Å². The number of carbonyl (C=O) groups excluding carboxylic acids is 1. The van der Waals surface area contributed by atoms with E-state index in [-0.39, 0.29) is 11.6 Å². The van der Waals surface area contributed by atoms with E-state index in [1.807, 2.05) is 6.08 Å². The van der Waals surface area contributed by atoms with Crippen LogP contribution < -0.4 is 5.32 Å². The van der Waals surface area contributed by atoms with E-state index < -0.39 is 4.92 Å². The van der Waals surface area contributed by atoms with Gasteiger partial charge in [-0.3, -0.25) is 14.9 Å². The van der Waals surface area contributed by atoms with Crippen molar-refractivity contribution in [1.29, 1.82) is 0 Å². The maximum Gasteiger partial charge on any atom is 0.270 e. The molecule has 25 heavy (non-hydrogen) atoms. The first-order valence-electron chi connectivity index (χ1n) is 8.56. The van der Waals surface area contributed by atoms with Gasteiger partial charge in [0.2, 0.25) is 5.91 Å². The molecule has 1 aromatic carbocycles. The molecule has 0 radical (unpaired) electrons. The molecular weight excluding hydrogens is 338 g/mol. The maximum absolute atomic E-state index is 12.0. The van der Waals surface area contributed by atoms with Crippen LogP contribution in [-0.4, -0.2) is 15.8 Å². The summed E-state index contributed by atoms with van der Waals surface area (Å²) in [5.41, 5.74) is 0.688. The molecule has 0 saturated heterocycles. The highest BCUT2D eigenvalue weighted by molar-refractivity contribution is 7.22. The highest BCUT2D eigenvalue weighted by atomic mass is 32.1. The first kappa shape index (κ1) is 19.1. The Hall–Kier alpha value is -2.28. The molecule has 7 heteroatoms. The fraction of sp³-hybridized carbons (Fsp3) is 0.444. The second kappa shape index (κ2) is 9.88. The highest BCUT2D eigenvalue weighted by Crippen LogP contribution is 2.29. The fourth-order valence-corrected chi connectivity index (χ4v) is 3.46. The normalized spacial score (nSPS) is 10.7. The summed E-state index contributed by atoms with van der Waals surface area (Å²) in [4.78, 5) is 26.6. The minimum Gasteiger partial charge on any atom is -0.302 e. The summed E-state index contributed by atoms with van der Waals surface area (Å²) in [6.07, 6.45) is 10.2. The van der Waals surface area contributed by atoms with Crippen molar-refractivity contribution in [3.05, 3.63) is 41.0 Å². The van der Waals surface area contributed by atoms with E-state index >= 15 is 0 Å². The van der Waals surface area contributed by atoms with Gasteiger partial charge in [-0.15, -0.1) is 6.58 Å². The number of carbonyl (C=O) groups is 1. The molecule has 2 aromatic rings. The number of benzene rings is 1. The summed E-state index contributed by atoms with van der Waals surface area (Å²) < 4.78 is 0.698. The quantitative estimate of drug-likeness (QED) is 0.249. The van der Waals surface area contributed by atoms with Gasteiger partial charge in [-0.25, -0.2) is 4.98 Å². The number of amides is 1. The number of nitro benzene ring substituents is 1. The third-order valence-electron chi connectivity index (χ3n) is 3.89. The Balaban J connectivity index is 1.72. The number of hydrogen-bond acceptors (Lipinski definition) is 5. The van der Waals surface area contributed by atoms with E-state index in [0.29, 0.717) is 21.8 Å². The molecule has 0 atom stereocenters. The monoisotopic (exact) mass is 361 g/mol. The third-order valence-corrected chi connectivity index (χ3v) is 4.82. The van der Waals surface area contributed by atoms with Gasteiger partial charge in [0, 0.05) is 18.6 Å². The number of fused-ring (bicyclic) bond motifs is 1. The van der Waals surface area contributed by atoms with Crippen LogP contribution >= 0.6 is 11.3 Å². The van der Waals surface area contributed by atoms with E-state index in [4.69, 9.17) is 0 Å². The van der Waals surface area contributed by atoms with E-state index in [9.17, 15) is 14.9 Å². The van der Waals surface area contributed by atoms with E-state index in [1.165, 1.54) is 42.7 Å². The number of nitro groups is 1. The number of hydrogen-bond donors (Lipinski definition) is 1. The molecule has 6 nitrogen and oxygen atoms in total. The zero-order chi connectivity index (χ0) is 18.1. The Morgan fingerprint density at radius 1 is 1.24 bits per heavy atom. The van der Waals surface area contributed by atoms with Crippen molar-refractivity contribution < 1.29 is 9.72 Å². The lowest BCUT2D eigenvalue weighted by molar-refractivity contribution is -0.384. The predicted octanol–water partition coefficient (Wildman–Crippen LogP) is 5.45. The Kier molecular flexibility index (Phi) is 7.53. The number of unbranched alkanes of at least 4 members (excludes halogenated alkanes) is 6. The first-order valence-corrected chi connectivity index (χ1v) is 9.37. The zero-order valence-electron chi connectivity index (χ0n) is 14.2. The van der Waals surface area contributed by atoms with E-state index in [1.54, 1.807) is 6.07 Å². The van der Waals surface area contributed by atoms with Crippen molar-refractivity contribution in [2.24, 2.45) is 0 Å². The lowest BCUT2D eigenvalue weighted by atomic mass is 10.1. The smallest absolute Gasteiger partial charge is 0.270 e. The summed E-state index contributed by atoms with van der Waals surface area (Å²) in [7, 11) is 0. The lowest BCUT2D eigenvalue weighted by Crippen LogP contribution is -2.10. The van der Waals surface area contributed by atoms with Crippen LogP contribution in [0.15, 0.2) is 30.9 Å². The molecule has 1 N–H and O–H groups in total. The van der Waals surface area contributed by atoms with Crippen LogP contribution in [0.4, 0.5) is 10.8 Å². The molecule has 1 heterocycles. The molecule has 0 saturated carbocycles. The number of rotatable bonds is 11. The minimum atomic E-state index is -0.436. The van der Waals surface area contributed by atoms with Gasteiger partial charge in [0.25, 0.3) is 5.69 Å². The van der Waals surface area contributed by atoms with Crippen LogP contribution in [0, 0.1) is 10.1 Å². The van der Waals surface area contributed by atoms with Gasteiger partial charge >= 0.3 is 0 Å². The number of non-ortho nitro benzene ring substituents is 1. The molecule has 1 aromatic heterocycles. The Bertz CT molecular complexity index is 742. The number of nitrogens with zero attached hydrogens (tertiary/aromatic N) is 2. The molecule has 0 unspecified atom stereocenters. The average Bonchev–Trinajstić information content (AvgIpc) is 2.98. The summed E-state index contributed by atoms with van der Waals surface area (Å²) in [6.45, 7) is 3.71. The summed E-state index contributed by atoms with van der Waals surface area (Å²) in [6, 6.07) is 4.50. The first-order chi connectivity index (χ1) is 12.1. The number of nitrogens with one attached hydrogen (secondary N) is 1. The molecule has 0 spiro atoms. The van der Waals surface area contributed by atoms with Crippen LogP contribution in [0.3, 0.4) is 0 Å². The molecule has 1 amide bonds. The van der Waals surface area contributed by atoms with Crippen LogP contribution in [0.5, 0.6) is 0 Å². The standard InChI is InChI=1S/C18H23N3O3S/c1-2-3-4-5-6-7-8-9-10-17(22)20-18-19-15-12-11-14(21(23)24)13-16(15)25-18/h2,11-13H,1,3-10H2,(H,19,20,22). The molecule has 134 valence electrons. The fourth-order valence-electron chi connectivity index (χ4n) is 2.54. The molecule has 0 aliphatic rings. The Morgan fingerprint density at radius 2 is 1.96 bits per heavy atom. The predicted molar refractivity (Wildman–Crippen MR) is 102 cm³/mol. The molecule has 0 aliphatic carbocycles. The van der Waals surface area contributed by atoms with E-state index in [2.05, 4.69) is 16.9 Å². The number of anilines is 1. The summed E-state index contributed by atoms with van der Waals surface area (Å²) >= 11 is 1.26. The van der Waals surface area contributed by atoms with Gasteiger partial charge in [-0.1, -0.05) is 43.1 Å². The third kappa shape index (κ3) is 6.26. The number of thiazole rings is 1. The second-order valence-electron chi connectivity index (χ2n) is 5.93. The molecule has 2 rings (SSSR count). The molecule has 0 aliphatic heterocycles. The van der Waals surface area contributed by atoms with Gasteiger partial charge in [-0.2, -0.15) is 0 Å². The minimum absolute atomic E-state index is 0.0297. The zero-order valence-corrected chi connectivity index (χ0v) is 15.0. The van der Waals surface area contributed by atoms with Crippen molar-refractivity contribution in [2.75, 3.05) is 5.32 Å². The van der Waals surface area contributed by atoms with Gasteiger partial charge in [-0.05, 0) is 25.3 Å². The van der Waals surface area contributed by atoms with Crippen molar-refractivity contribution >= 4 is 38.3 Å². The molecular formula is C18H23N3O3S. The maximum atomic E-state index is 12.0. The van der Waals surface area contributed by atoms with Gasteiger partial charge in [0.05, 0.1) is 15.1 Å². The van der Waals surface area contributed by atoms with Crippen LogP contribution in [0.25, 0.3) is 10.2 Å². The SMILES string of the molecule is C=CCCCCCCCCC(=O)Nc1nc2ccc([N+](=O)[O-])cc2s1. The highest BCUT2D eigenvalue weighted by Gasteiger charge is 2.11. The van der Waals surface area contributed by atoms with Gasteiger partial charge < -0.3 is 5.32 Å². The van der Waals surface area contributed by atoms with Crippen molar-refractivity contribution in [3.63, 3.8) is 0 Å². The molecule has 0 bridgehead atoms. The van der Waals surface area contributed by atoms with Crippen LogP contribution in [0.2, 0.25) is 0 Å².